The number of nitrogens with one attached hydrogen (secondary N) is 3. The number of carbonyl (C=O) groups excluding carboxylic acids is 3. The standard InChI is InChI=1S/C30H31ClN7O7P/c1-43-46(42,44-2)17-16-45-30(41)34-25-12-10-24(11-13-25)33-29(40)26(18-21-6-4-3-5-7-21)35-28(39)15-8-22-19-23(31)9-14-27(22)38-20-32-36-37-38/h3-15,19-20,26H,16-18H2,1-2H3,(H,33,40)(H,34,41)(H,35,39)/t26-/m0/s1. The van der Waals surface area contributed by atoms with Gasteiger partial charge in [-0.2, -0.15) is 4.68 Å². The Hall–Kier alpha value is -4.88. The van der Waals surface area contributed by atoms with E-state index in [1.165, 1.54) is 31.3 Å². The Morgan fingerprint density at radius 1 is 0.978 bits per heavy atom. The van der Waals surface area contributed by atoms with E-state index >= 15 is 0 Å². The van der Waals surface area contributed by atoms with Gasteiger partial charge < -0.3 is 24.4 Å². The molecular formula is C30H31ClN7O7P. The molecule has 0 saturated heterocycles. The summed E-state index contributed by atoms with van der Waals surface area (Å²) < 4.78 is 28.1. The van der Waals surface area contributed by atoms with Crippen LogP contribution in [0.1, 0.15) is 11.1 Å². The molecule has 46 heavy (non-hydrogen) atoms. The van der Waals surface area contributed by atoms with Gasteiger partial charge in [0.2, 0.25) is 11.8 Å². The van der Waals surface area contributed by atoms with Gasteiger partial charge in [-0.25, -0.2) is 4.79 Å². The fourth-order valence-corrected chi connectivity index (χ4v) is 5.12. The van der Waals surface area contributed by atoms with Crippen LogP contribution in [0.15, 0.2) is 85.2 Å². The lowest BCUT2D eigenvalue weighted by atomic mass is 10.0. The van der Waals surface area contributed by atoms with E-state index in [9.17, 15) is 18.9 Å². The van der Waals surface area contributed by atoms with Crippen LogP contribution in [-0.4, -0.2) is 71.1 Å². The van der Waals surface area contributed by atoms with E-state index in [2.05, 4.69) is 31.5 Å². The summed E-state index contributed by atoms with van der Waals surface area (Å²) in [4.78, 5) is 38.5. The predicted octanol–water partition coefficient (Wildman–Crippen LogP) is 4.73. The number of amides is 3. The SMILES string of the molecule is COP(=O)(CCOC(=O)Nc1ccc(NC(=O)[C@H](Cc2ccccc2)NC(=O)C=Cc2cc(Cl)ccc2-n2cnnn2)cc1)OC. The molecule has 0 unspecified atom stereocenters. The summed E-state index contributed by atoms with van der Waals surface area (Å²) >= 11 is 6.17. The molecule has 3 N–H and O–H groups in total. The number of rotatable bonds is 14. The monoisotopic (exact) mass is 667 g/mol. The Bertz CT molecular complexity index is 1700. The number of ether oxygens (including phenoxy) is 1. The van der Waals surface area contributed by atoms with Crippen LogP contribution in [0.4, 0.5) is 16.2 Å². The van der Waals surface area contributed by atoms with Crippen LogP contribution < -0.4 is 16.0 Å². The number of carbonyl (C=O) groups is 3. The zero-order chi connectivity index (χ0) is 32.9. The van der Waals surface area contributed by atoms with Gasteiger partial charge in [0.1, 0.15) is 19.0 Å². The van der Waals surface area contributed by atoms with Crippen molar-refractivity contribution in [3.8, 4) is 5.69 Å². The van der Waals surface area contributed by atoms with Crippen molar-refractivity contribution in [3.05, 3.63) is 101 Å². The molecule has 14 nitrogen and oxygen atoms in total. The number of anilines is 2. The van der Waals surface area contributed by atoms with Gasteiger partial charge in [-0.15, -0.1) is 5.10 Å². The zero-order valence-corrected chi connectivity index (χ0v) is 26.5. The van der Waals surface area contributed by atoms with Gasteiger partial charge in [0, 0.05) is 48.7 Å². The number of hydrogen-bond acceptors (Lipinski definition) is 10. The molecule has 0 radical (unpaired) electrons. The fourth-order valence-electron chi connectivity index (χ4n) is 4.11. The van der Waals surface area contributed by atoms with E-state index in [-0.39, 0.29) is 19.2 Å². The number of hydrogen-bond donors (Lipinski definition) is 3. The van der Waals surface area contributed by atoms with Gasteiger partial charge in [-0.05, 0) is 64.5 Å². The summed E-state index contributed by atoms with van der Waals surface area (Å²) in [5, 5.41) is 19.7. The van der Waals surface area contributed by atoms with Crippen molar-refractivity contribution in [2.75, 3.05) is 37.6 Å². The van der Waals surface area contributed by atoms with E-state index in [1.54, 1.807) is 48.5 Å². The molecule has 1 heterocycles. The smallest absolute Gasteiger partial charge is 0.411 e. The first-order valence-electron chi connectivity index (χ1n) is 13.8. The maximum atomic E-state index is 13.4. The van der Waals surface area contributed by atoms with Crippen LogP contribution >= 0.6 is 19.2 Å². The van der Waals surface area contributed by atoms with Gasteiger partial charge in [0.15, 0.2) is 0 Å². The fraction of sp³-hybridized carbons (Fsp3) is 0.200. The number of benzene rings is 3. The van der Waals surface area contributed by atoms with E-state index in [0.717, 1.165) is 5.56 Å². The minimum Gasteiger partial charge on any atom is -0.449 e. The molecule has 3 aromatic carbocycles. The van der Waals surface area contributed by atoms with Crippen LogP contribution in [0.3, 0.4) is 0 Å². The highest BCUT2D eigenvalue weighted by molar-refractivity contribution is 7.53. The predicted molar refractivity (Wildman–Crippen MR) is 172 cm³/mol. The van der Waals surface area contributed by atoms with Crippen molar-refractivity contribution in [2.45, 2.75) is 12.5 Å². The number of nitrogens with zero attached hydrogens (tertiary/aromatic N) is 4. The van der Waals surface area contributed by atoms with Crippen LogP contribution in [0.25, 0.3) is 11.8 Å². The summed E-state index contributed by atoms with van der Waals surface area (Å²) in [7, 11) is -0.804. The van der Waals surface area contributed by atoms with Gasteiger partial charge >= 0.3 is 13.7 Å². The molecule has 16 heteroatoms. The molecule has 0 fully saturated rings. The van der Waals surface area contributed by atoms with Crippen LogP contribution in [0.5, 0.6) is 0 Å². The zero-order valence-electron chi connectivity index (χ0n) is 24.8. The second kappa shape index (κ2) is 16.4. The number of aromatic nitrogens is 4. The van der Waals surface area contributed by atoms with Crippen LogP contribution in [0, 0.1) is 0 Å². The van der Waals surface area contributed by atoms with E-state index in [0.29, 0.717) is 27.6 Å². The van der Waals surface area contributed by atoms with Gasteiger partial charge in [0.05, 0.1) is 11.8 Å². The highest BCUT2D eigenvalue weighted by Gasteiger charge is 2.22. The molecule has 0 aliphatic carbocycles. The second-order valence-corrected chi connectivity index (χ2v) is 12.4. The van der Waals surface area contributed by atoms with Crippen molar-refractivity contribution in [3.63, 3.8) is 0 Å². The van der Waals surface area contributed by atoms with Crippen molar-refractivity contribution in [1.82, 2.24) is 25.5 Å². The molecular weight excluding hydrogens is 637 g/mol. The lowest BCUT2D eigenvalue weighted by Crippen LogP contribution is -2.44. The summed E-state index contributed by atoms with van der Waals surface area (Å²) in [6, 6.07) is 19.7. The Morgan fingerprint density at radius 2 is 1.67 bits per heavy atom. The third-order valence-electron chi connectivity index (χ3n) is 6.47. The van der Waals surface area contributed by atoms with E-state index < -0.39 is 31.5 Å². The maximum Gasteiger partial charge on any atom is 0.411 e. The van der Waals surface area contributed by atoms with Gasteiger partial charge in [-0.1, -0.05) is 41.9 Å². The van der Waals surface area contributed by atoms with Crippen molar-refractivity contribution in [2.24, 2.45) is 0 Å². The Kier molecular flexibility index (Phi) is 12.1. The maximum absolute atomic E-state index is 13.4. The molecule has 0 aliphatic heterocycles. The summed E-state index contributed by atoms with van der Waals surface area (Å²) in [5.41, 5.74) is 2.85. The lowest BCUT2D eigenvalue weighted by molar-refractivity contribution is -0.123. The minimum absolute atomic E-state index is 0.1000. The molecule has 0 aliphatic rings. The average Bonchev–Trinajstić information content (AvgIpc) is 3.60. The average molecular weight is 668 g/mol. The molecule has 4 rings (SSSR count). The third kappa shape index (κ3) is 10.1. The van der Waals surface area contributed by atoms with E-state index in [1.807, 2.05) is 30.3 Å². The minimum atomic E-state index is -3.30. The Labute approximate surface area is 269 Å². The topological polar surface area (TPSA) is 176 Å². The molecule has 4 aromatic rings. The second-order valence-electron chi connectivity index (χ2n) is 9.57. The number of halogens is 1. The molecule has 1 atom stereocenters. The van der Waals surface area contributed by atoms with Crippen molar-refractivity contribution >= 4 is 54.6 Å². The van der Waals surface area contributed by atoms with E-state index in [4.69, 9.17) is 25.4 Å². The van der Waals surface area contributed by atoms with Crippen molar-refractivity contribution in [1.29, 1.82) is 0 Å². The highest BCUT2D eigenvalue weighted by Crippen LogP contribution is 2.45. The highest BCUT2D eigenvalue weighted by atomic mass is 35.5. The first-order chi connectivity index (χ1) is 22.2. The summed E-state index contributed by atoms with van der Waals surface area (Å²) in [5.74, 6) is -0.965. The lowest BCUT2D eigenvalue weighted by Gasteiger charge is -2.18. The largest absolute Gasteiger partial charge is 0.449 e. The van der Waals surface area contributed by atoms with Gasteiger partial charge in [0.25, 0.3) is 0 Å². The molecule has 0 spiro atoms. The first-order valence-corrected chi connectivity index (χ1v) is 15.9. The molecule has 0 saturated carbocycles. The Morgan fingerprint density at radius 3 is 2.33 bits per heavy atom. The van der Waals surface area contributed by atoms with Gasteiger partial charge in [-0.3, -0.25) is 19.5 Å². The van der Waals surface area contributed by atoms with Crippen LogP contribution in [-0.2, 0) is 34.4 Å². The summed E-state index contributed by atoms with van der Waals surface area (Å²) in [6.45, 7) is -0.178. The van der Waals surface area contributed by atoms with Crippen LogP contribution in [0.2, 0.25) is 5.02 Å². The summed E-state index contributed by atoms with van der Waals surface area (Å²) in [6.07, 6.45) is 3.63. The molecule has 3 amide bonds. The normalized spacial score (nSPS) is 12.0. The molecule has 0 bridgehead atoms. The van der Waals surface area contributed by atoms with Crippen molar-refractivity contribution < 1.29 is 32.7 Å². The quantitative estimate of drug-likeness (QED) is 0.126. The third-order valence-corrected chi connectivity index (χ3v) is 8.55. The molecule has 1 aromatic heterocycles. The Balaban J connectivity index is 1.39. The number of tetrazole rings is 1. The first kappa shape index (κ1) is 34.0. The molecule has 240 valence electrons.